The van der Waals surface area contributed by atoms with Crippen molar-refractivity contribution >= 4 is 38.1 Å². The Morgan fingerprint density at radius 1 is 1.11 bits per heavy atom. The fourth-order valence-corrected chi connectivity index (χ4v) is 6.76. The van der Waals surface area contributed by atoms with E-state index < -0.39 is 10.0 Å². The summed E-state index contributed by atoms with van der Waals surface area (Å²) in [4.78, 5) is 16.6. The minimum atomic E-state index is -3.52. The molecule has 1 spiro atoms. The zero-order chi connectivity index (χ0) is 26.5. The van der Waals surface area contributed by atoms with E-state index in [4.69, 9.17) is 14.7 Å². The van der Waals surface area contributed by atoms with Crippen LogP contribution < -0.4 is 19.7 Å². The Kier molecular flexibility index (Phi) is 6.26. The van der Waals surface area contributed by atoms with Crippen LogP contribution in [0.2, 0.25) is 0 Å². The van der Waals surface area contributed by atoms with Crippen molar-refractivity contribution in [3.8, 4) is 17.0 Å². The smallest absolute Gasteiger partial charge is 0.238 e. The van der Waals surface area contributed by atoms with Gasteiger partial charge in [0.15, 0.2) is 0 Å². The van der Waals surface area contributed by atoms with Crippen molar-refractivity contribution in [2.24, 2.45) is 4.99 Å². The number of benzene rings is 1. The summed E-state index contributed by atoms with van der Waals surface area (Å²) in [5, 5.41) is 4.42. The lowest BCUT2D eigenvalue weighted by atomic mass is 9.78. The molecule has 1 aliphatic carbocycles. The Morgan fingerprint density at radius 3 is 2.68 bits per heavy atom. The number of aromatic nitrogens is 2. The van der Waals surface area contributed by atoms with Crippen LogP contribution in [0.15, 0.2) is 41.7 Å². The molecule has 1 fully saturated rings. The minimum absolute atomic E-state index is 0.0331. The zero-order valence-corrected chi connectivity index (χ0v) is 22.9. The van der Waals surface area contributed by atoms with E-state index in [9.17, 15) is 8.42 Å². The number of nitrogens with one attached hydrogen (secondary N) is 2. The van der Waals surface area contributed by atoms with E-state index in [1.807, 2.05) is 18.3 Å². The first-order valence-electron chi connectivity index (χ1n) is 13.4. The lowest BCUT2D eigenvalue weighted by Gasteiger charge is -2.25. The Balaban J connectivity index is 1.41. The van der Waals surface area contributed by atoms with Crippen LogP contribution in [0, 0.1) is 0 Å². The maximum absolute atomic E-state index is 12.1. The van der Waals surface area contributed by atoms with Gasteiger partial charge >= 0.3 is 0 Å². The molecule has 0 amide bonds. The third kappa shape index (κ3) is 4.39. The number of nitrogens with zero attached hydrogens (tertiary/aromatic N) is 4. The summed E-state index contributed by atoms with van der Waals surface area (Å²) in [6.07, 6.45) is 9.51. The largest absolute Gasteiger partial charge is 0.475 e. The van der Waals surface area contributed by atoms with Crippen LogP contribution in [0.5, 0.6) is 5.88 Å². The normalized spacial score (nSPS) is 17.8. The monoisotopic (exact) mass is 534 g/mol. The van der Waals surface area contributed by atoms with E-state index in [-0.39, 0.29) is 11.3 Å². The molecule has 0 unspecified atom stereocenters. The molecule has 3 aromatic rings. The van der Waals surface area contributed by atoms with Crippen molar-refractivity contribution in [2.45, 2.75) is 51.0 Å². The molecule has 4 heterocycles. The summed E-state index contributed by atoms with van der Waals surface area (Å²) in [6.45, 7) is 6.88. The topological polar surface area (TPSA) is 109 Å². The molecule has 2 N–H and O–H groups in total. The van der Waals surface area contributed by atoms with Crippen molar-refractivity contribution in [3.63, 3.8) is 0 Å². The summed E-state index contributed by atoms with van der Waals surface area (Å²) >= 11 is 0. The second kappa shape index (κ2) is 9.50. The van der Waals surface area contributed by atoms with Crippen LogP contribution in [-0.2, 0) is 15.4 Å². The van der Waals surface area contributed by atoms with Crippen LogP contribution >= 0.6 is 0 Å². The summed E-state index contributed by atoms with van der Waals surface area (Å²) in [6, 6.07) is 8.37. The molecule has 38 heavy (non-hydrogen) atoms. The van der Waals surface area contributed by atoms with Gasteiger partial charge in [-0.2, -0.15) is 0 Å². The second-order valence-corrected chi connectivity index (χ2v) is 12.6. The van der Waals surface area contributed by atoms with Gasteiger partial charge < -0.3 is 15.0 Å². The molecule has 0 saturated heterocycles. The standard InChI is InChI=1S/C28H34N6O3S/c1-18(2)29-11-13-37-26-23(33-38(3,35)36)15-20(16-32-26)19-6-7-22-21(14-19)25-24(17-31-22)34-12-10-30-27(34)28(25)8-4-5-9-28/h6-7,14-18,29,33H,4-5,8-13H2,1-3H3. The first-order chi connectivity index (χ1) is 18.2. The van der Waals surface area contributed by atoms with Gasteiger partial charge in [0.1, 0.15) is 18.1 Å². The van der Waals surface area contributed by atoms with Crippen LogP contribution in [0.25, 0.3) is 22.0 Å². The predicted molar refractivity (Wildman–Crippen MR) is 152 cm³/mol. The molecule has 10 heteroatoms. The first-order valence-corrected chi connectivity index (χ1v) is 15.2. The molecule has 9 nitrogen and oxygen atoms in total. The molecule has 2 aromatic heterocycles. The lowest BCUT2D eigenvalue weighted by Crippen LogP contribution is -2.35. The highest BCUT2D eigenvalue weighted by Crippen LogP contribution is 2.55. The van der Waals surface area contributed by atoms with E-state index in [0.717, 1.165) is 54.2 Å². The predicted octanol–water partition coefficient (Wildman–Crippen LogP) is 4.09. The third-order valence-electron chi connectivity index (χ3n) is 7.72. The molecule has 0 atom stereocenters. The molecule has 1 aromatic carbocycles. The van der Waals surface area contributed by atoms with E-state index in [0.29, 0.717) is 24.9 Å². The van der Waals surface area contributed by atoms with E-state index in [2.05, 4.69) is 39.8 Å². The van der Waals surface area contributed by atoms with E-state index >= 15 is 0 Å². The van der Waals surface area contributed by atoms with E-state index in [1.165, 1.54) is 29.9 Å². The summed E-state index contributed by atoms with van der Waals surface area (Å²) in [5.74, 6) is 1.48. The summed E-state index contributed by atoms with van der Waals surface area (Å²) in [7, 11) is -3.52. The zero-order valence-electron chi connectivity index (χ0n) is 22.1. The van der Waals surface area contributed by atoms with Gasteiger partial charge in [0, 0.05) is 41.8 Å². The van der Waals surface area contributed by atoms with Gasteiger partial charge in [0.25, 0.3) is 0 Å². The second-order valence-electron chi connectivity index (χ2n) is 10.8. The highest BCUT2D eigenvalue weighted by Gasteiger charge is 2.52. The third-order valence-corrected chi connectivity index (χ3v) is 8.31. The molecule has 1 saturated carbocycles. The molecular weight excluding hydrogens is 500 g/mol. The van der Waals surface area contributed by atoms with Crippen molar-refractivity contribution in [3.05, 3.63) is 42.2 Å². The number of aliphatic imine (C=N–C) groups is 1. The Hall–Kier alpha value is -3.24. The van der Waals surface area contributed by atoms with Gasteiger partial charge in [-0.1, -0.05) is 32.8 Å². The lowest BCUT2D eigenvalue weighted by molar-refractivity contribution is 0.299. The molecule has 6 rings (SSSR count). The molecule has 0 radical (unpaired) electrons. The average molecular weight is 535 g/mol. The van der Waals surface area contributed by atoms with Gasteiger partial charge in [-0.25, -0.2) is 13.4 Å². The number of rotatable bonds is 8. The maximum atomic E-state index is 12.1. The van der Waals surface area contributed by atoms with Gasteiger partial charge in [-0.3, -0.25) is 14.7 Å². The number of ether oxygens (including phenoxy) is 1. The van der Waals surface area contributed by atoms with Crippen LogP contribution in [-0.4, -0.2) is 62.8 Å². The summed E-state index contributed by atoms with van der Waals surface area (Å²) in [5.41, 5.74) is 5.54. The quantitative estimate of drug-likeness (QED) is 0.419. The number of sulfonamides is 1. The number of hydrogen-bond acceptors (Lipinski definition) is 8. The average Bonchev–Trinajstić information content (AvgIpc) is 3.60. The Morgan fingerprint density at radius 2 is 1.92 bits per heavy atom. The van der Waals surface area contributed by atoms with Crippen molar-refractivity contribution in [1.82, 2.24) is 15.3 Å². The number of anilines is 2. The number of hydrogen-bond donors (Lipinski definition) is 2. The number of fused-ring (bicyclic) bond motifs is 7. The van der Waals surface area contributed by atoms with Crippen LogP contribution in [0.4, 0.5) is 11.4 Å². The number of amidine groups is 1. The fraction of sp³-hybridized carbons (Fsp3) is 0.464. The molecule has 0 bridgehead atoms. The van der Waals surface area contributed by atoms with Crippen molar-refractivity contribution in [2.75, 3.05) is 42.1 Å². The van der Waals surface area contributed by atoms with Gasteiger partial charge in [-0.15, -0.1) is 0 Å². The van der Waals surface area contributed by atoms with Gasteiger partial charge in [-0.05, 0) is 36.6 Å². The Labute approximate surface area is 223 Å². The minimum Gasteiger partial charge on any atom is -0.475 e. The molecule has 200 valence electrons. The molecular formula is C28H34N6O3S. The highest BCUT2D eigenvalue weighted by atomic mass is 32.2. The van der Waals surface area contributed by atoms with Crippen molar-refractivity contribution in [1.29, 1.82) is 0 Å². The SMILES string of the molecule is CC(C)NCCOc1ncc(-c2ccc3ncc4c(c3c2)C2(CCCC2)C2=NCCN24)cc1NS(C)(=O)=O. The molecule has 2 aliphatic heterocycles. The van der Waals surface area contributed by atoms with Crippen molar-refractivity contribution < 1.29 is 13.2 Å². The van der Waals surface area contributed by atoms with Gasteiger partial charge in [0.2, 0.25) is 15.9 Å². The van der Waals surface area contributed by atoms with Crippen LogP contribution in [0.3, 0.4) is 0 Å². The molecule has 3 aliphatic rings. The number of pyridine rings is 2. The maximum Gasteiger partial charge on any atom is 0.238 e. The fourth-order valence-electron chi connectivity index (χ4n) is 6.22. The van der Waals surface area contributed by atoms with Gasteiger partial charge in [0.05, 0.1) is 35.6 Å². The van der Waals surface area contributed by atoms with E-state index in [1.54, 1.807) is 12.3 Å². The highest BCUT2D eigenvalue weighted by molar-refractivity contribution is 7.92. The Bertz CT molecular complexity index is 1530. The first kappa shape index (κ1) is 25.1. The van der Waals surface area contributed by atoms with Crippen LogP contribution in [0.1, 0.15) is 45.1 Å². The summed E-state index contributed by atoms with van der Waals surface area (Å²) < 4.78 is 32.7.